The van der Waals surface area contributed by atoms with Crippen molar-refractivity contribution in [1.29, 1.82) is 0 Å². The van der Waals surface area contributed by atoms with Gasteiger partial charge in [0.25, 0.3) is 0 Å². The lowest BCUT2D eigenvalue weighted by Gasteiger charge is -2.27. The number of nitrogens with one attached hydrogen (secondary N) is 2. The molecular formula is C23H30N6O3. The first-order valence-corrected chi connectivity index (χ1v) is 10.9. The number of nitrogens with two attached hydrogens (primary N) is 1. The number of hydrogen-bond acceptors (Lipinski definition) is 8. The van der Waals surface area contributed by atoms with Crippen molar-refractivity contribution < 1.29 is 10.0 Å². The summed E-state index contributed by atoms with van der Waals surface area (Å²) < 4.78 is 0. The van der Waals surface area contributed by atoms with E-state index in [9.17, 15) is 15.2 Å². The molecular weight excluding hydrogens is 408 g/mol. The molecule has 1 aliphatic carbocycles. The van der Waals surface area contributed by atoms with E-state index in [1.165, 1.54) is 6.20 Å². The van der Waals surface area contributed by atoms with Crippen LogP contribution in [0, 0.1) is 40.7 Å². The van der Waals surface area contributed by atoms with Crippen molar-refractivity contribution in [1.82, 2.24) is 9.97 Å². The Balaban J connectivity index is 1.67. The molecule has 0 atom stereocenters. The summed E-state index contributed by atoms with van der Waals surface area (Å²) >= 11 is 0. The summed E-state index contributed by atoms with van der Waals surface area (Å²) in [7, 11) is 0. The maximum Gasteiger partial charge on any atom is 0.329 e. The summed E-state index contributed by atoms with van der Waals surface area (Å²) in [5.74, 6) is 7.25. The van der Waals surface area contributed by atoms with Gasteiger partial charge in [0, 0.05) is 25.3 Å². The molecule has 1 saturated carbocycles. The third-order valence-corrected chi connectivity index (χ3v) is 5.96. The van der Waals surface area contributed by atoms with Gasteiger partial charge in [-0.15, -0.1) is 0 Å². The van der Waals surface area contributed by atoms with Gasteiger partial charge in [-0.1, -0.05) is 24.0 Å². The molecule has 9 heteroatoms. The Morgan fingerprint density at radius 3 is 2.69 bits per heavy atom. The van der Waals surface area contributed by atoms with Crippen LogP contribution in [-0.4, -0.2) is 39.7 Å². The molecule has 1 aromatic heterocycles. The molecule has 5 N–H and O–H groups in total. The van der Waals surface area contributed by atoms with Gasteiger partial charge in [-0.2, -0.15) is 4.98 Å². The van der Waals surface area contributed by atoms with Crippen molar-refractivity contribution in [2.45, 2.75) is 39.2 Å². The molecule has 170 valence electrons. The first-order chi connectivity index (χ1) is 15.5. The zero-order valence-corrected chi connectivity index (χ0v) is 18.3. The van der Waals surface area contributed by atoms with Gasteiger partial charge in [0.05, 0.1) is 11.5 Å². The van der Waals surface area contributed by atoms with E-state index in [4.69, 9.17) is 5.73 Å². The lowest BCUT2D eigenvalue weighted by atomic mass is 9.82. The fraction of sp³-hybridized carbons (Fsp3) is 0.478. The largest absolute Gasteiger partial charge is 0.396 e. The Kier molecular flexibility index (Phi) is 8.36. The Morgan fingerprint density at radius 1 is 1.25 bits per heavy atom. The number of hydrogen-bond donors (Lipinski definition) is 4. The van der Waals surface area contributed by atoms with Crippen molar-refractivity contribution >= 4 is 17.5 Å². The highest BCUT2D eigenvalue weighted by atomic mass is 16.6. The van der Waals surface area contributed by atoms with Crippen LogP contribution in [0.15, 0.2) is 24.4 Å². The molecule has 0 radical (unpaired) electrons. The summed E-state index contributed by atoms with van der Waals surface area (Å²) in [5.41, 5.74) is 8.31. The predicted molar refractivity (Wildman–Crippen MR) is 124 cm³/mol. The van der Waals surface area contributed by atoms with E-state index in [1.54, 1.807) is 0 Å². The molecule has 0 bridgehead atoms. The highest BCUT2D eigenvalue weighted by molar-refractivity contribution is 5.57. The van der Waals surface area contributed by atoms with Crippen LogP contribution in [0.3, 0.4) is 0 Å². The maximum absolute atomic E-state index is 11.4. The molecule has 1 aromatic carbocycles. The van der Waals surface area contributed by atoms with Crippen molar-refractivity contribution in [2.75, 3.05) is 30.3 Å². The maximum atomic E-state index is 11.4. The first-order valence-electron chi connectivity index (χ1n) is 10.9. The summed E-state index contributed by atoms with van der Waals surface area (Å²) in [4.78, 5) is 19.4. The standard InChI is InChI=1S/C23H30N6O3/c1-16-19(6-3-11-24)4-2-5-20(16)13-26-23-27-14-21(29(31)32)22(28-23)25-12-17-7-9-18(15-30)10-8-17/h2,4-5,14,17-18,30H,7-13,15,24H2,1H3,(H2,25,26,27,28). The summed E-state index contributed by atoms with van der Waals surface area (Å²) in [6, 6.07) is 5.86. The van der Waals surface area contributed by atoms with Crippen LogP contribution in [-0.2, 0) is 6.54 Å². The number of aromatic nitrogens is 2. The quantitative estimate of drug-likeness (QED) is 0.280. The summed E-state index contributed by atoms with van der Waals surface area (Å²) in [5, 5.41) is 27.0. The van der Waals surface area contributed by atoms with Crippen LogP contribution in [0.2, 0.25) is 0 Å². The number of anilines is 2. The number of benzene rings is 1. The molecule has 1 heterocycles. The van der Waals surface area contributed by atoms with E-state index in [2.05, 4.69) is 32.4 Å². The highest BCUT2D eigenvalue weighted by Gasteiger charge is 2.23. The Morgan fingerprint density at radius 2 is 2.00 bits per heavy atom. The van der Waals surface area contributed by atoms with Gasteiger partial charge in [0.15, 0.2) is 0 Å². The molecule has 0 aliphatic heterocycles. The zero-order valence-electron chi connectivity index (χ0n) is 18.3. The van der Waals surface area contributed by atoms with Crippen LogP contribution in [0.1, 0.15) is 42.4 Å². The van der Waals surface area contributed by atoms with E-state index in [0.717, 1.165) is 42.4 Å². The topological polar surface area (TPSA) is 139 Å². The number of nitrogens with zero attached hydrogens (tertiary/aromatic N) is 3. The molecule has 32 heavy (non-hydrogen) atoms. The van der Waals surface area contributed by atoms with E-state index in [0.29, 0.717) is 37.4 Å². The van der Waals surface area contributed by atoms with Crippen molar-refractivity contribution in [2.24, 2.45) is 17.6 Å². The van der Waals surface area contributed by atoms with Gasteiger partial charge in [-0.25, -0.2) is 4.98 Å². The SMILES string of the molecule is Cc1c(C#CCN)cccc1CNc1ncc([N+](=O)[O-])c(NCC2CCC(CO)CC2)n1. The van der Waals surface area contributed by atoms with Gasteiger partial charge >= 0.3 is 5.69 Å². The van der Waals surface area contributed by atoms with Crippen LogP contribution >= 0.6 is 0 Å². The fourth-order valence-electron chi connectivity index (χ4n) is 3.91. The smallest absolute Gasteiger partial charge is 0.329 e. The molecule has 3 rings (SSSR count). The van der Waals surface area contributed by atoms with Crippen LogP contribution in [0.4, 0.5) is 17.5 Å². The predicted octanol–water partition coefficient (Wildman–Crippen LogP) is 2.83. The lowest BCUT2D eigenvalue weighted by Crippen LogP contribution is -2.23. The molecule has 0 saturated heterocycles. The van der Waals surface area contributed by atoms with Gasteiger partial charge < -0.3 is 21.5 Å². The van der Waals surface area contributed by atoms with Crippen LogP contribution < -0.4 is 16.4 Å². The van der Waals surface area contributed by atoms with Gasteiger partial charge in [-0.05, 0) is 61.6 Å². The van der Waals surface area contributed by atoms with Crippen molar-refractivity contribution in [3.63, 3.8) is 0 Å². The molecule has 0 spiro atoms. The molecule has 0 amide bonds. The minimum absolute atomic E-state index is 0.144. The second-order valence-corrected chi connectivity index (χ2v) is 8.08. The minimum atomic E-state index is -0.474. The Hall–Kier alpha value is -3.22. The van der Waals surface area contributed by atoms with Crippen molar-refractivity contribution in [3.8, 4) is 11.8 Å². The average molecular weight is 439 g/mol. The van der Waals surface area contributed by atoms with Gasteiger partial charge in [0.1, 0.15) is 6.20 Å². The van der Waals surface area contributed by atoms with Crippen molar-refractivity contribution in [3.05, 3.63) is 51.2 Å². The molecule has 1 fully saturated rings. The minimum Gasteiger partial charge on any atom is -0.396 e. The first kappa shape index (κ1) is 23.4. The fourth-order valence-corrected chi connectivity index (χ4v) is 3.91. The number of aliphatic hydroxyl groups is 1. The average Bonchev–Trinajstić information content (AvgIpc) is 2.81. The molecule has 1 aliphatic rings. The van der Waals surface area contributed by atoms with Crippen LogP contribution in [0.25, 0.3) is 0 Å². The number of nitro groups is 1. The number of aliphatic hydroxyl groups excluding tert-OH is 1. The zero-order chi connectivity index (χ0) is 22.9. The van der Waals surface area contributed by atoms with E-state index in [1.807, 2.05) is 25.1 Å². The van der Waals surface area contributed by atoms with E-state index in [-0.39, 0.29) is 18.1 Å². The monoisotopic (exact) mass is 438 g/mol. The van der Waals surface area contributed by atoms with Gasteiger partial charge in [0.2, 0.25) is 11.8 Å². The summed E-state index contributed by atoms with van der Waals surface area (Å²) in [6.07, 6.45) is 5.18. The molecule has 2 aromatic rings. The van der Waals surface area contributed by atoms with Crippen LogP contribution in [0.5, 0.6) is 0 Å². The second-order valence-electron chi connectivity index (χ2n) is 8.08. The van der Waals surface area contributed by atoms with E-state index < -0.39 is 4.92 Å². The third-order valence-electron chi connectivity index (χ3n) is 5.96. The Bertz CT molecular complexity index is 993. The van der Waals surface area contributed by atoms with E-state index >= 15 is 0 Å². The normalized spacial score (nSPS) is 17.8. The third kappa shape index (κ3) is 6.15. The number of rotatable bonds is 8. The summed E-state index contributed by atoms with van der Waals surface area (Å²) in [6.45, 7) is 3.60. The lowest BCUT2D eigenvalue weighted by molar-refractivity contribution is -0.384. The Labute approximate surface area is 188 Å². The second kappa shape index (κ2) is 11.4. The molecule has 9 nitrogen and oxygen atoms in total. The highest BCUT2D eigenvalue weighted by Crippen LogP contribution is 2.30. The van der Waals surface area contributed by atoms with Gasteiger partial charge in [-0.3, -0.25) is 10.1 Å². The molecule has 0 unspecified atom stereocenters.